The predicted molar refractivity (Wildman–Crippen MR) is 101 cm³/mol. The van der Waals surface area contributed by atoms with Gasteiger partial charge in [-0.3, -0.25) is 9.48 Å². The summed E-state index contributed by atoms with van der Waals surface area (Å²) < 4.78 is 3.68. The summed E-state index contributed by atoms with van der Waals surface area (Å²) in [6.45, 7) is 5.70. The standard InChI is InChI=1S/C16H17ClN4OS2/c1-8-14(9(2)21(4)20-8)19-15(22)10(3)23-16-18-12-7-11(17)5-6-13(12)24-16/h5-7,10H,1-4H3,(H,19,22). The van der Waals surface area contributed by atoms with Crippen LogP contribution in [0.2, 0.25) is 5.02 Å². The summed E-state index contributed by atoms with van der Waals surface area (Å²) in [4.78, 5) is 17.0. The van der Waals surface area contributed by atoms with Crippen molar-refractivity contribution in [1.82, 2.24) is 14.8 Å². The van der Waals surface area contributed by atoms with Crippen LogP contribution in [0.1, 0.15) is 18.3 Å². The van der Waals surface area contributed by atoms with E-state index in [1.54, 1.807) is 16.0 Å². The maximum absolute atomic E-state index is 12.5. The van der Waals surface area contributed by atoms with Gasteiger partial charge in [0, 0.05) is 12.1 Å². The third-order valence-corrected chi connectivity index (χ3v) is 6.20. The first-order valence-corrected chi connectivity index (χ1v) is 9.46. The summed E-state index contributed by atoms with van der Waals surface area (Å²) in [5, 5.41) is 7.69. The van der Waals surface area contributed by atoms with E-state index >= 15 is 0 Å². The van der Waals surface area contributed by atoms with E-state index in [0.29, 0.717) is 5.02 Å². The fraction of sp³-hybridized carbons (Fsp3) is 0.312. The van der Waals surface area contributed by atoms with Gasteiger partial charge in [-0.05, 0) is 39.0 Å². The van der Waals surface area contributed by atoms with Crippen LogP contribution in [0.4, 0.5) is 5.69 Å². The van der Waals surface area contributed by atoms with E-state index in [2.05, 4.69) is 15.4 Å². The van der Waals surface area contributed by atoms with E-state index in [1.165, 1.54) is 11.8 Å². The Bertz CT molecular complexity index is 918. The average molecular weight is 381 g/mol. The zero-order chi connectivity index (χ0) is 17.4. The number of hydrogen-bond acceptors (Lipinski definition) is 5. The van der Waals surface area contributed by atoms with Gasteiger partial charge in [0.1, 0.15) is 0 Å². The van der Waals surface area contributed by atoms with Crippen molar-refractivity contribution >= 4 is 56.5 Å². The number of benzene rings is 1. The highest BCUT2D eigenvalue weighted by atomic mass is 35.5. The van der Waals surface area contributed by atoms with Crippen molar-refractivity contribution in [2.24, 2.45) is 7.05 Å². The molecule has 1 unspecified atom stereocenters. The summed E-state index contributed by atoms with van der Waals surface area (Å²) >= 11 is 9.00. The Balaban J connectivity index is 1.73. The highest BCUT2D eigenvalue weighted by Gasteiger charge is 2.20. The molecule has 0 saturated heterocycles. The van der Waals surface area contributed by atoms with Gasteiger partial charge in [-0.1, -0.05) is 23.4 Å². The van der Waals surface area contributed by atoms with Gasteiger partial charge < -0.3 is 5.32 Å². The van der Waals surface area contributed by atoms with Crippen LogP contribution in [0.25, 0.3) is 10.2 Å². The number of anilines is 1. The molecule has 2 heterocycles. The van der Waals surface area contributed by atoms with Crippen molar-refractivity contribution in [3.05, 3.63) is 34.6 Å². The second-order valence-electron chi connectivity index (χ2n) is 5.51. The third kappa shape index (κ3) is 3.43. The minimum atomic E-state index is -0.264. The molecule has 126 valence electrons. The molecule has 1 N–H and O–H groups in total. The zero-order valence-corrected chi connectivity index (χ0v) is 16.1. The molecule has 5 nitrogen and oxygen atoms in total. The number of aryl methyl sites for hydroxylation is 2. The Labute approximate surface area is 153 Å². The van der Waals surface area contributed by atoms with Gasteiger partial charge in [0.2, 0.25) is 5.91 Å². The predicted octanol–water partition coefficient (Wildman–Crippen LogP) is 4.42. The molecule has 0 aliphatic carbocycles. The van der Waals surface area contributed by atoms with E-state index in [4.69, 9.17) is 11.6 Å². The third-order valence-electron chi connectivity index (χ3n) is 3.73. The Morgan fingerprint density at radius 2 is 2.17 bits per heavy atom. The number of rotatable bonds is 4. The van der Waals surface area contributed by atoms with Gasteiger partial charge in [0.15, 0.2) is 4.34 Å². The van der Waals surface area contributed by atoms with Crippen LogP contribution < -0.4 is 5.32 Å². The first kappa shape index (κ1) is 17.3. The van der Waals surface area contributed by atoms with Gasteiger partial charge in [0.25, 0.3) is 0 Å². The van der Waals surface area contributed by atoms with Crippen molar-refractivity contribution < 1.29 is 4.79 Å². The fourth-order valence-electron chi connectivity index (χ4n) is 2.31. The van der Waals surface area contributed by atoms with E-state index in [-0.39, 0.29) is 11.2 Å². The number of halogens is 1. The molecular weight excluding hydrogens is 364 g/mol. The molecule has 0 radical (unpaired) electrons. The van der Waals surface area contributed by atoms with Crippen LogP contribution in [0.3, 0.4) is 0 Å². The molecule has 8 heteroatoms. The zero-order valence-electron chi connectivity index (χ0n) is 13.8. The molecule has 1 amide bonds. The van der Waals surface area contributed by atoms with Crippen LogP contribution in [0.15, 0.2) is 22.5 Å². The number of hydrogen-bond donors (Lipinski definition) is 1. The van der Waals surface area contributed by atoms with Crippen LogP contribution >= 0.6 is 34.7 Å². The summed E-state index contributed by atoms with van der Waals surface area (Å²) in [5.41, 5.74) is 3.40. The van der Waals surface area contributed by atoms with Gasteiger partial charge in [-0.15, -0.1) is 11.3 Å². The molecule has 0 aliphatic rings. The number of thioether (sulfide) groups is 1. The lowest BCUT2D eigenvalue weighted by molar-refractivity contribution is -0.115. The molecule has 0 fully saturated rings. The molecule has 0 aliphatic heterocycles. The lowest BCUT2D eigenvalue weighted by atomic mass is 10.3. The van der Waals surface area contributed by atoms with Crippen molar-refractivity contribution in [2.45, 2.75) is 30.4 Å². The van der Waals surface area contributed by atoms with Crippen LogP contribution in [0.5, 0.6) is 0 Å². The Hall–Kier alpha value is -1.57. The van der Waals surface area contributed by atoms with Crippen LogP contribution in [-0.4, -0.2) is 25.9 Å². The highest BCUT2D eigenvalue weighted by Crippen LogP contribution is 2.33. The lowest BCUT2D eigenvalue weighted by Gasteiger charge is -2.10. The Kier molecular flexibility index (Phi) is 4.85. The number of carbonyl (C=O) groups is 1. The van der Waals surface area contributed by atoms with E-state index in [0.717, 1.165) is 31.6 Å². The second-order valence-corrected chi connectivity index (χ2v) is 8.57. The van der Waals surface area contributed by atoms with Gasteiger partial charge in [-0.25, -0.2) is 4.98 Å². The van der Waals surface area contributed by atoms with Crippen LogP contribution in [-0.2, 0) is 11.8 Å². The molecular formula is C16H17ClN4OS2. The summed E-state index contributed by atoms with van der Waals surface area (Å²) in [6.07, 6.45) is 0. The monoisotopic (exact) mass is 380 g/mol. The minimum absolute atomic E-state index is 0.0588. The average Bonchev–Trinajstić information content (AvgIpc) is 3.01. The molecule has 24 heavy (non-hydrogen) atoms. The molecule has 0 saturated carbocycles. The number of carbonyl (C=O) groups excluding carboxylic acids is 1. The van der Waals surface area contributed by atoms with Gasteiger partial charge >= 0.3 is 0 Å². The topological polar surface area (TPSA) is 59.8 Å². The maximum atomic E-state index is 12.5. The highest BCUT2D eigenvalue weighted by molar-refractivity contribution is 8.02. The normalized spacial score (nSPS) is 12.5. The summed E-state index contributed by atoms with van der Waals surface area (Å²) in [6, 6.07) is 5.64. The first-order chi connectivity index (χ1) is 11.3. The van der Waals surface area contributed by atoms with E-state index < -0.39 is 0 Å². The molecule has 0 spiro atoms. The molecule has 1 atom stereocenters. The number of aromatic nitrogens is 3. The largest absolute Gasteiger partial charge is 0.322 e. The summed E-state index contributed by atoms with van der Waals surface area (Å²) in [7, 11) is 1.86. The molecule has 2 aromatic heterocycles. The van der Waals surface area contributed by atoms with E-state index in [9.17, 15) is 4.79 Å². The Morgan fingerprint density at radius 1 is 1.42 bits per heavy atom. The van der Waals surface area contributed by atoms with Crippen molar-refractivity contribution in [1.29, 1.82) is 0 Å². The molecule has 3 rings (SSSR count). The van der Waals surface area contributed by atoms with E-state index in [1.807, 2.05) is 46.0 Å². The Morgan fingerprint density at radius 3 is 2.83 bits per heavy atom. The number of thiazole rings is 1. The van der Waals surface area contributed by atoms with Crippen molar-refractivity contribution in [2.75, 3.05) is 5.32 Å². The number of nitrogens with zero attached hydrogens (tertiary/aromatic N) is 3. The maximum Gasteiger partial charge on any atom is 0.237 e. The first-order valence-electron chi connectivity index (χ1n) is 7.39. The molecule has 0 bridgehead atoms. The van der Waals surface area contributed by atoms with Gasteiger partial charge in [0.05, 0.1) is 32.5 Å². The fourth-order valence-corrected chi connectivity index (χ4v) is 4.67. The quantitative estimate of drug-likeness (QED) is 0.680. The second kappa shape index (κ2) is 6.74. The summed E-state index contributed by atoms with van der Waals surface area (Å²) in [5.74, 6) is -0.0588. The van der Waals surface area contributed by atoms with Gasteiger partial charge in [-0.2, -0.15) is 5.10 Å². The van der Waals surface area contributed by atoms with Crippen LogP contribution in [0, 0.1) is 13.8 Å². The molecule has 1 aromatic carbocycles. The minimum Gasteiger partial charge on any atom is -0.322 e. The van der Waals surface area contributed by atoms with Crippen molar-refractivity contribution in [3.63, 3.8) is 0 Å². The molecule has 3 aromatic rings. The number of nitrogens with one attached hydrogen (secondary N) is 1. The number of fused-ring (bicyclic) bond motifs is 1. The SMILES string of the molecule is Cc1nn(C)c(C)c1NC(=O)C(C)Sc1nc2cc(Cl)ccc2s1. The smallest absolute Gasteiger partial charge is 0.237 e. The van der Waals surface area contributed by atoms with Crippen molar-refractivity contribution in [3.8, 4) is 0 Å². The lowest BCUT2D eigenvalue weighted by Crippen LogP contribution is -2.23. The number of amides is 1.